The van der Waals surface area contributed by atoms with E-state index in [9.17, 15) is 43.2 Å². The third-order valence-corrected chi connectivity index (χ3v) is 18.8. The number of carbonyl (C=O) groups excluding carboxylic acids is 4. The molecule has 89 heavy (non-hydrogen) atoms. The van der Waals surface area contributed by atoms with Gasteiger partial charge in [0.25, 0.3) is 0 Å². The Kier molecular flexibility index (Phi) is 59.6. The summed E-state index contributed by atoms with van der Waals surface area (Å²) < 4.78 is 68.2. The number of esters is 4. The van der Waals surface area contributed by atoms with E-state index in [0.717, 1.165) is 115 Å². The van der Waals surface area contributed by atoms with E-state index in [-0.39, 0.29) is 25.7 Å². The van der Waals surface area contributed by atoms with E-state index in [2.05, 4.69) is 48.5 Å². The Balaban J connectivity index is 5.20. The van der Waals surface area contributed by atoms with Crippen molar-refractivity contribution in [1.82, 2.24) is 0 Å². The first kappa shape index (κ1) is 87.1. The molecule has 0 amide bonds. The van der Waals surface area contributed by atoms with Gasteiger partial charge in [-0.05, 0) is 43.4 Å². The number of carbonyl (C=O) groups is 4. The molecule has 0 spiro atoms. The highest BCUT2D eigenvalue weighted by Gasteiger charge is 2.30. The van der Waals surface area contributed by atoms with Crippen LogP contribution in [0.3, 0.4) is 0 Å². The minimum absolute atomic E-state index is 0.102. The summed E-state index contributed by atoms with van der Waals surface area (Å²) in [5, 5.41) is 10.6. The van der Waals surface area contributed by atoms with Gasteiger partial charge < -0.3 is 33.8 Å². The molecule has 3 N–H and O–H groups in total. The summed E-state index contributed by atoms with van der Waals surface area (Å²) in [5.41, 5.74) is 0. The van der Waals surface area contributed by atoms with Crippen LogP contribution in [-0.2, 0) is 65.4 Å². The first-order valence-corrected chi connectivity index (χ1v) is 39.4. The molecule has 0 aliphatic rings. The van der Waals surface area contributed by atoms with Crippen LogP contribution in [0.5, 0.6) is 0 Å². The van der Waals surface area contributed by atoms with Crippen LogP contribution >= 0.6 is 15.6 Å². The Bertz CT molecular complexity index is 1750. The number of aliphatic hydroxyl groups excluding tert-OH is 1. The molecule has 0 heterocycles. The summed E-state index contributed by atoms with van der Waals surface area (Å²) in [6.45, 7) is 11.7. The van der Waals surface area contributed by atoms with E-state index < -0.39 is 97.5 Å². The molecule has 0 aromatic carbocycles. The van der Waals surface area contributed by atoms with E-state index in [1.807, 2.05) is 0 Å². The van der Waals surface area contributed by atoms with Crippen LogP contribution < -0.4 is 0 Å². The van der Waals surface area contributed by atoms with Gasteiger partial charge in [-0.3, -0.25) is 37.3 Å². The van der Waals surface area contributed by atoms with Crippen molar-refractivity contribution in [2.24, 2.45) is 17.8 Å². The smallest absolute Gasteiger partial charge is 0.462 e. The van der Waals surface area contributed by atoms with Gasteiger partial charge in [0, 0.05) is 25.7 Å². The maximum absolute atomic E-state index is 13.0. The van der Waals surface area contributed by atoms with Gasteiger partial charge in [-0.2, -0.15) is 0 Å². The average molecular weight is 1310 g/mol. The molecule has 0 saturated carbocycles. The zero-order chi connectivity index (χ0) is 65.9. The molecule has 0 aliphatic carbocycles. The molecular weight excluding hydrogens is 1170 g/mol. The molecule has 528 valence electrons. The first-order valence-electron chi connectivity index (χ1n) is 36.4. The zero-order valence-electron chi connectivity index (χ0n) is 57.9. The lowest BCUT2D eigenvalue weighted by atomic mass is 10.00. The van der Waals surface area contributed by atoms with Crippen LogP contribution in [0.15, 0.2) is 0 Å². The monoisotopic (exact) mass is 1310 g/mol. The Morgan fingerprint density at radius 1 is 0.326 bits per heavy atom. The topological polar surface area (TPSA) is 237 Å². The fourth-order valence-corrected chi connectivity index (χ4v) is 12.1. The second-order valence-electron chi connectivity index (χ2n) is 26.2. The molecule has 0 fully saturated rings. The summed E-state index contributed by atoms with van der Waals surface area (Å²) in [6.07, 6.45) is 44.7. The molecule has 4 unspecified atom stereocenters. The highest BCUT2D eigenvalue weighted by molar-refractivity contribution is 7.47. The molecule has 0 radical (unpaired) electrons. The molecule has 0 aromatic rings. The number of hydrogen-bond donors (Lipinski definition) is 3. The van der Waals surface area contributed by atoms with Crippen molar-refractivity contribution in [1.29, 1.82) is 0 Å². The predicted octanol–water partition coefficient (Wildman–Crippen LogP) is 19.8. The van der Waals surface area contributed by atoms with Gasteiger partial charge in [0.1, 0.15) is 19.3 Å². The van der Waals surface area contributed by atoms with E-state index in [0.29, 0.717) is 31.6 Å². The summed E-state index contributed by atoms with van der Waals surface area (Å²) in [5.74, 6) is 0.0234. The van der Waals surface area contributed by atoms with Gasteiger partial charge in [0.05, 0.1) is 26.4 Å². The quantitative estimate of drug-likeness (QED) is 0.0222. The molecular formula is C70H136O17P2. The van der Waals surface area contributed by atoms with Gasteiger partial charge >= 0.3 is 39.5 Å². The van der Waals surface area contributed by atoms with Gasteiger partial charge in [-0.15, -0.1) is 0 Å². The highest BCUT2D eigenvalue weighted by Crippen LogP contribution is 2.45. The van der Waals surface area contributed by atoms with Crippen molar-refractivity contribution < 1.29 is 80.2 Å². The third kappa shape index (κ3) is 62.0. The molecule has 7 atom stereocenters. The van der Waals surface area contributed by atoms with Crippen molar-refractivity contribution >= 4 is 39.5 Å². The lowest BCUT2D eigenvalue weighted by Crippen LogP contribution is -2.30. The lowest BCUT2D eigenvalue weighted by molar-refractivity contribution is -0.161. The Hall–Kier alpha value is -1.94. The Morgan fingerprint density at radius 3 is 0.854 bits per heavy atom. The number of rotatable bonds is 68. The van der Waals surface area contributed by atoms with Gasteiger partial charge in [-0.25, -0.2) is 9.13 Å². The second-order valence-corrected chi connectivity index (χ2v) is 29.1. The maximum atomic E-state index is 13.0. The van der Waals surface area contributed by atoms with E-state index >= 15 is 0 Å². The van der Waals surface area contributed by atoms with Crippen molar-refractivity contribution in [3.63, 3.8) is 0 Å². The third-order valence-electron chi connectivity index (χ3n) is 16.9. The number of hydrogen-bond acceptors (Lipinski definition) is 15. The largest absolute Gasteiger partial charge is 0.472 e. The summed E-state index contributed by atoms with van der Waals surface area (Å²) in [4.78, 5) is 72.4. The van der Waals surface area contributed by atoms with Crippen LogP contribution in [0.1, 0.15) is 350 Å². The molecule has 19 heteroatoms. The number of unbranched alkanes of at least 4 members (excludes halogenated alkanes) is 34. The standard InChI is InChI=1S/C70H136O17P2/c1-8-11-12-13-14-15-16-17-18-19-20-21-22-23-24-25-28-39-46-53-69(74)86-65(57-80-67(72)51-44-37-29-26-27-34-41-48-61(4)5)59-84-88(76,77)82-55-64(71)56-83-89(78,79)85-60-66(87-70(75)54-47-40-33-31-36-43-50-63(7)10-3)58-81-68(73)52-45-38-32-30-35-42-49-62(6)9-2/h61-66,71H,8-60H2,1-7H3,(H,76,77)(H,78,79)/t62?,63?,64-,65-,66-/m1/s1. The number of phosphoric acid groups is 2. The van der Waals surface area contributed by atoms with Crippen LogP contribution in [0.2, 0.25) is 0 Å². The molecule has 0 bridgehead atoms. The van der Waals surface area contributed by atoms with Crippen molar-refractivity contribution in [3.05, 3.63) is 0 Å². The predicted molar refractivity (Wildman–Crippen MR) is 358 cm³/mol. The summed E-state index contributed by atoms with van der Waals surface area (Å²) in [7, 11) is -9.90. The fourth-order valence-electron chi connectivity index (χ4n) is 10.5. The summed E-state index contributed by atoms with van der Waals surface area (Å²) >= 11 is 0. The average Bonchev–Trinajstić information content (AvgIpc) is 3.71. The first-order chi connectivity index (χ1) is 42.8. The number of aliphatic hydroxyl groups is 1. The SMILES string of the molecule is CCCCCCCCCCCCCCCCCCCCCC(=O)O[C@H](COC(=O)CCCCCCCCCC(C)C)COP(=O)(O)OC[C@@H](O)COP(=O)(O)OC[C@@H](COC(=O)CCCCCCCCC(C)CC)OC(=O)CCCCCCCCC(C)CC. The normalized spacial score (nSPS) is 14.8. The van der Waals surface area contributed by atoms with Crippen LogP contribution in [0.25, 0.3) is 0 Å². The lowest BCUT2D eigenvalue weighted by Gasteiger charge is -2.21. The molecule has 0 saturated heterocycles. The Labute approximate surface area is 543 Å². The minimum atomic E-state index is -4.95. The molecule has 17 nitrogen and oxygen atoms in total. The van der Waals surface area contributed by atoms with Gasteiger partial charge in [-0.1, -0.05) is 299 Å². The zero-order valence-corrected chi connectivity index (χ0v) is 59.7. The van der Waals surface area contributed by atoms with E-state index in [4.69, 9.17) is 37.0 Å². The van der Waals surface area contributed by atoms with E-state index in [1.165, 1.54) is 148 Å². The summed E-state index contributed by atoms with van der Waals surface area (Å²) in [6, 6.07) is 0. The minimum Gasteiger partial charge on any atom is -0.462 e. The number of ether oxygens (including phenoxy) is 4. The molecule has 0 aromatic heterocycles. The second kappa shape index (κ2) is 61.0. The van der Waals surface area contributed by atoms with E-state index in [1.54, 1.807) is 0 Å². The fraction of sp³-hybridized carbons (Fsp3) is 0.943. The maximum Gasteiger partial charge on any atom is 0.472 e. The van der Waals surface area contributed by atoms with Crippen LogP contribution in [0, 0.1) is 17.8 Å². The highest BCUT2D eigenvalue weighted by atomic mass is 31.2. The molecule has 0 rings (SSSR count). The van der Waals surface area contributed by atoms with Gasteiger partial charge in [0.2, 0.25) is 0 Å². The Morgan fingerprint density at radius 2 is 0.573 bits per heavy atom. The van der Waals surface area contributed by atoms with Gasteiger partial charge in [0.15, 0.2) is 12.2 Å². The van der Waals surface area contributed by atoms with Crippen molar-refractivity contribution in [3.8, 4) is 0 Å². The van der Waals surface area contributed by atoms with Crippen molar-refractivity contribution in [2.75, 3.05) is 39.6 Å². The van der Waals surface area contributed by atoms with Crippen LogP contribution in [0.4, 0.5) is 0 Å². The number of phosphoric ester groups is 2. The van der Waals surface area contributed by atoms with Crippen molar-refractivity contribution in [2.45, 2.75) is 369 Å². The molecule has 0 aliphatic heterocycles. The van der Waals surface area contributed by atoms with Crippen LogP contribution in [-0.4, -0.2) is 96.7 Å².